The summed E-state index contributed by atoms with van der Waals surface area (Å²) in [5.74, 6) is 6.37. The topological polar surface area (TPSA) is 81.7 Å². The fraction of sp³-hybridized carbons (Fsp3) is 0.462. The van der Waals surface area contributed by atoms with E-state index in [-0.39, 0.29) is 6.04 Å². The molecular formula is C13H19ClN6. The highest BCUT2D eigenvalue weighted by atomic mass is 35.5. The molecule has 6 nitrogen and oxygen atoms in total. The third-order valence-corrected chi connectivity index (χ3v) is 3.69. The van der Waals surface area contributed by atoms with Crippen LogP contribution in [0.15, 0.2) is 12.3 Å². The number of rotatable bonds is 5. The van der Waals surface area contributed by atoms with Crippen LogP contribution in [0.25, 0.3) is 0 Å². The third-order valence-electron chi connectivity index (χ3n) is 3.26. The second-order valence-corrected chi connectivity index (χ2v) is 5.01. The molecule has 7 heteroatoms. The first-order chi connectivity index (χ1) is 9.56. The van der Waals surface area contributed by atoms with Gasteiger partial charge in [0.05, 0.1) is 28.1 Å². The van der Waals surface area contributed by atoms with E-state index in [2.05, 4.69) is 20.5 Å². The maximum absolute atomic E-state index is 6.36. The lowest BCUT2D eigenvalue weighted by atomic mass is 10.1. The second-order valence-electron chi connectivity index (χ2n) is 4.64. The molecule has 2 aromatic heterocycles. The lowest BCUT2D eigenvalue weighted by Gasteiger charge is -2.16. The van der Waals surface area contributed by atoms with Gasteiger partial charge in [0.2, 0.25) is 0 Å². The largest absolute Gasteiger partial charge is 0.271 e. The van der Waals surface area contributed by atoms with Crippen molar-refractivity contribution in [1.29, 1.82) is 0 Å². The molecule has 1 unspecified atom stereocenters. The Morgan fingerprint density at radius 3 is 2.80 bits per heavy atom. The summed E-state index contributed by atoms with van der Waals surface area (Å²) in [6, 6.07) is 1.72. The predicted molar refractivity (Wildman–Crippen MR) is 78.1 cm³/mol. The number of aromatic nitrogens is 4. The van der Waals surface area contributed by atoms with Crippen molar-refractivity contribution >= 4 is 11.6 Å². The highest BCUT2D eigenvalue weighted by Crippen LogP contribution is 2.25. The molecule has 0 saturated carbocycles. The quantitative estimate of drug-likeness (QED) is 0.645. The molecule has 1 atom stereocenters. The summed E-state index contributed by atoms with van der Waals surface area (Å²) in [6.07, 6.45) is 3.15. The molecule has 0 amide bonds. The Morgan fingerprint density at radius 1 is 1.50 bits per heavy atom. The summed E-state index contributed by atoms with van der Waals surface area (Å²) in [7, 11) is 1.89. The standard InChI is InChI=1S/C13H19ClN6/c1-4-9-13(14)12(20(3)19-9)7-11(18-15)10-5-6-16-8(2)17-10/h5-6,11,18H,4,7,15H2,1-3H3. The molecule has 0 aliphatic rings. The fourth-order valence-electron chi connectivity index (χ4n) is 2.15. The fourth-order valence-corrected chi connectivity index (χ4v) is 2.52. The zero-order chi connectivity index (χ0) is 14.7. The van der Waals surface area contributed by atoms with Crippen LogP contribution in [0.2, 0.25) is 5.02 Å². The Bertz CT molecular complexity index is 595. The number of nitrogens with two attached hydrogens (primary N) is 1. The average Bonchev–Trinajstić information content (AvgIpc) is 2.71. The molecule has 3 N–H and O–H groups in total. The number of nitrogens with zero attached hydrogens (tertiary/aromatic N) is 4. The molecule has 108 valence electrons. The lowest BCUT2D eigenvalue weighted by Crippen LogP contribution is -2.31. The number of hydrazine groups is 1. The Hall–Kier alpha value is -1.50. The molecule has 0 fully saturated rings. The van der Waals surface area contributed by atoms with Crippen LogP contribution in [0.4, 0.5) is 0 Å². The highest BCUT2D eigenvalue weighted by molar-refractivity contribution is 6.31. The summed E-state index contributed by atoms with van der Waals surface area (Å²) in [5.41, 5.74) is 5.48. The van der Waals surface area contributed by atoms with E-state index in [1.807, 2.05) is 27.0 Å². The van der Waals surface area contributed by atoms with Crippen molar-refractivity contribution in [2.24, 2.45) is 12.9 Å². The van der Waals surface area contributed by atoms with Crippen molar-refractivity contribution in [3.8, 4) is 0 Å². The Morgan fingerprint density at radius 2 is 2.25 bits per heavy atom. The van der Waals surface area contributed by atoms with Crippen LogP contribution in [0, 0.1) is 6.92 Å². The van der Waals surface area contributed by atoms with E-state index in [0.717, 1.165) is 23.5 Å². The van der Waals surface area contributed by atoms with Crippen LogP contribution in [0.1, 0.15) is 35.9 Å². The highest BCUT2D eigenvalue weighted by Gasteiger charge is 2.19. The summed E-state index contributed by atoms with van der Waals surface area (Å²) in [6.45, 7) is 3.88. The number of nitrogens with one attached hydrogen (secondary N) is 1. The Kier molecular flexibility index (Phi) is 4.69. The van der Waals surface area contributed by atoms with Gasteiger partial charge in [-0.25, -0.2) is 9.97 Å². The minimum absolute atomic E-state index is 0.130. The van der Waals surface area contributed by atoms with Crippen LogP contribution >= 0.6 is 11.6 Å². The third kappa shape index (κ3) is 2.98. The van der Waals surface area contributed by atoms with Gasteiger partial charge in [-0.05, 0) is 19.4 Å². The first-order valence-corrected chi connectivity index (χ1v) is 6.90. The van der Waals surface area contributed by atoms with Gasteiger partial charge in [0.25, 0.3) is 0 Å². The number of hydrogen-bond acceptors (Lipinski definition) is 5. The minimum atomic E-state index is -0.130. The number of halogens is 1. The van der Waals surface area contributed by atoms with Crippen molar-refractivity contribution in [3.63, 3.8) is 0 Å². The van der Waals surface area contributed by atoms with E-state index < -0.39 is 0 Å². The van der Waals surface area contributed by atoms with E-state index in [9.17, 15) is 0 Å². The normalized spacial score (nSPS) is 12.7. The summed E-state index contributed by atoms with van der Waals surface area (Å²) < 4.78 is 1.81. The van der Waals surface area contributed by atoms with E-state index >= 15 is 0 Å². The molecule has 2 heterocycles. The average molecular weight is 295 g/mol. The maximum Gasteiger partial charge on any atom is 0.125 e. The van der Waals surface area contributed by atoms with Gasteiger partial charge in [0, 0.05) is 19.7 Å². The summed E-state index contributed by atoms with van der Waals surface area (Å²) >= 11 is 6.36. The van der Waals surface area contributed by atoms with Gasteiger partial charge in [0.1, 0.15) is 5.82 Å². The summed E-state index contributed by atoms with van der Waals surface area (Å²) in [5, 5.41) is 5.12. The molecule has 0 bridgehead atoms. The van der Waals surface area contributed by atoms with E-state index in [4.69, 9.17) is 17.4 Å². The molecule has 0 saturated heterocycles. The van der Waals surface area contributed by atoms with Gasteiger partial charge in [-0.3, -0.25) is 16.0 Å². The molecule has 0 aromatic carbocycles. The van der Waals surface area contributed by atoms with Crippen molar-refractivity contribution < 1.29 is 0 Å². The molecule has 0 spiro atoms. The molecule has 2 rings (SSSR count). The van der Waals surface area contributed by atoms with E-state index in [1.54, 1.807) is 10.9 Å². The number of aryl methyl sites for hydroxylation is 3. The SMILES string of the molecule is CCc1nn(C)c(CC(NN)c2ccnc(C)n2)c1Cl. The lowest BCUT2D eigenvalue weighted by molar-refractivity contribution is 0.516. The molecule has 2 aromatic rings. The Balaban J connectivity index is 2.29. The van der Waals surface area contributed by atoms with Gasteiger partial charge in [0.15, 0.2) is 0 Å². The Labute approximate surface area is 123 Å². The number of hydrogen-bond donors (Lipinski definition) is 2. The van der Waals surface area contributed by atoms with Gasteiger partial charge in [-0.2, -0.15) is 5.10 Å². The van der Waals surface area contributed by atoms with Crippen LogP contribution in [0.3, 0.4) is 0 Å². The van der Waals surface area contributed by atoms with E-state index in [1.165, 1.54) is 0 Å². The first-order valence-electron chi connectivity index (χ1n) is 6.52. The zero-order valence-electron chi connectivity index (χ0n) is 11.9. The van der Waals surface area contributed by atoms with Crippen molar-refractivity contribution in [1.82, 2.24) is 25.2 Å². The van der Waals surface area contributed by atoms with Crippen LogP contribution in [0.5, 0.6) is 0 Å². The monoisotopic (exact) mass is 294 g/mol. The van der Waals surface area contributed by atoms with Crippen molar-refractivity contribution in [2.75, 3.05) is 0 Å². The summed E-state index contributed by atoms with van der Waals surface area (Å²) in [4.78, 5) is 8.49. The second kappa shape index (κ2) is 6.30. The molecule has 0 aliphatic carbocycles. The van der Waals surface area contributed by atoms with Gasteiger partial charge in [-0.15, -0.1) is 0 Å². The predicted octanol–water partition coefficient (Wildman–Crippen LogP) is 1.48. The molecule has 0 aliphatic heterocycles. The van der Waals surface area contributed by atoms with E-state index in [0.29, 0.717) is 17.3 Å². The molecule has 20 heavy (non-hydrogen) atoms. The van der Waals surface area contributed by atoms with Crippen LogP contribution in [-0.2, 0) is 19.9 Å². The van der Waals surface area contributed by atoms with Gasteiger partial charge in [-0.1, -0.05) is 18.5 Å². The molecule has 0 radical (unpaired) electrons. The first kappa shape index (κ1) is 14.9. The van der Waals surface area contributed by atoms with Crippen LogP contribution < -0.4 is 11.3 Å². The van der Waals surface area contributed by atoms with Crippen molar-refractivity contribution in [3.05, 3.63) is 40.2 Å². The smallest absolute Gasteiger partial charge is 0.125 e. The van der Waals surface area contributed by atoms with Gasteiger partial charge >= 0.3 is 0 Å². The van der Waals surface area contributed by atoms with Crippen LogP contribution in [-0.4, -0.2) is 19.7 Å². The molecular weight excluding hydrogens is 276 g/mol. The maximum atomic E-state index is 6.36. The minimum Gasteiger partial charge on any atom is -0.271 e. The zero-order valence-corrected chi connectivity index (χ0v) is 12.6. The van der Waals surface area contributed by atoms with Crippen molar-refractivity contribution in [2.45, 2.75) is 32.7 Å². The van der Waals surface area contributed by atoms with Gasteiger partial charge < -0.3 is 0 Å².